The van der Waals surface area contributed by atoms with Gasteiger partial charge in [0.2, 0.25) is 0 Å². The van der Waals surface area contributed by atoms with Crippen LogP contribution in [0.15, 0.2) is 24.3 Å². The van der Waals surface area contributed by atoms with E-state index in [1.165, 1.54) is 35.7 Å². The molecule has 1 heterocycles. The molecule has 0 radical (unpaired) electrons. The largest absolute Gasteiger partial charge is 0.290 e. The Labute approximate surface area is 90.5 Å². The predicted octanol–water partition coefficient (Wildman–Crippen LogP) is 2.89. The Hall–Kier alpha value is -0.470. The van der Waals surface area contributed by atoms with Crippen molar-refractivity contribution >= 4 is 11.8 Å². The zero-order valence-corrected chi connectivity index (χ0v) is 9.52. The molecule has 0 spiro atoms. The van der Waals surface area contributed by atoms with E-state index in [2.05, 4.69) is 47.9 Å². The molecule has 1 saturated heterocycles. The van der Waals surface area contributed by atoms with Crippen LogP contribution in [0.1, 0.15) is 17.5 Å². The van der Waals surface area contributed by atoms with Gasteiger partial charge in [-0.1, -0.05) is 29.8 Å². The van der Waals surface area contributed by atoms with Crippen LogP contribution in [-0.4, -0.2) is 23.1 Å². The number of aryl methyl sites for hydroxylation is 1. The lowest BCUT2D eigenvalue weighted by molar-refractivity contribution is 0.307. The lowest BCUT2D eigenvalue weighted by atomic mass is 10.1. The fourth-order valence-corrected chi connectivity index (χ4v) is 2.67. The molecule has 1 fully saturated rings. The molecule has 0 atom stereocenters. The molecular weight excluding hydrogens is 190 g/mol. The van der Waals surface area contributed by atoms with Crippen molar-refractivity contribution in [2.75, 3.05) is 18.2 Å². The van der Waals surface area contributed by atoms with E-state index in [1.54, 1.807) is 0 Å². The van der Waals surface area contributed by atoms with E-state index in [4.69, 9.17) is 0 Å². The van der Waals surface area contributed by atoms with Gasteiger partial charge in [-0.15, -0.1) is 11.8 Å². The molecule has 0 amide bonds. The molecule has 0 aliphatic carbocycles. The summed E-state index contributed by atoms with van der Waals surface area (Å²) in [6, 6.07) is 8.89. The maximum absolute atomic E-state index is 2.53. The Kier molecular flexibility index (Phi) is 3.49. The smallest absolute Gasteiger partial charge is 0.0447 e. The Balaban J connectivity index is 1.92. The summed E-state index contributed by atoms with van der Waals surface area (Å²) in [5.41, 5.74) is 2.79. The Morgan fingerprint density at radius 3 is 2.71 bits per heavy atom. The minimum absolute atomic E-state index is 1.12. The Morgan fingerprint density at radius 2 is 2.07 bits per heavy atom. The third-order valence-electron chi connectivity index (χ3n) is 2.56. The lowest BCUT2D eigenvalue weighted by Gasteiger charge is -2.25. The molecule has 1 nitrogen and oxygen atoms in total. The first-order valence-corrected chi connectivity index (χ1v) is 6.36. The maximum atomic E-state index is 2.53. The third kappa shape index (κ3) is 2.76. The van der Waals surface area contributed by atoms with Gasteiger partial charge in [0.05, 0.1) is 0 Å². The van der Waals surface area contributed by atoms with Crippen molar-refractivity contribution in [1.29, 1.82) is 0 Å². The van der Waals surface area contributed by atoms with Gasteiger partial charge in [-0.2, -0.15) is 0 Å². The summed E-state index contributed by atoms with van der Waals surface area (Å²) in [5, 5.41) is 0. The fourth-order valence-electron chi connectivity index (χ4n) is 1.72. The van der Waals surface area contributed by atoms with Crippen LogP contribution < -0.4 is 0 Å². The van der Waals surface area contributed by atoms with Crippen LogP contribution in [-0.2, 0) is 6.54 Å². The van der Waals surface area contributed by atoms with Crippen molar-refractivity contribution in [3.63, 3.8) is 0 Å². The second kappa shape index (κ2) is 4.85. The number of thioether (sulfide) groups is 1. The molecule has 2 rings (SSSR count). The van der Waals surface area contributed by atoms with Gasteiger partial charge in [0.1, 0.15) is 0 Å². The van der Waals surface area contributed by atoms with Gasteiger partial charge >= 0.3 is 0 Å². The molecule has 0 unspecified atom stereocenters. The predicted molar refractivity (Wildman–Crippen MR) is 63.5 cm³/mol. The molecule has 1 aromatic rings. The monoisotopic (exact) mass is 207 g/mol. The molecule has 0 aromatic heterocycles. The highest BCUT2D eigenvalue weighted by Gasteiger charge is 2.09. The van der Waals surface area contributed by atoms with Gasteiger partial charge in [0, 0.05) is 19.0 Å². The van der Waals surface area contributed by atoms with Crippen molar-refractivity contribution in [3.05, 3.63) is 35.4 Å². The van der Waals surface area contributed by atoms with E-state index in [1.807, 2.05) is 0 Å². The van der Waals surface area contributed by atoms with Gasteiger partial charge in [0.25, 0.3) is 0 Å². The van der Waals surface area contributed by atoms with E-state index in [0.717, 1.165) is 6.54 Å². The number of benzene rings is 1. The van der Waals surface area contributed by atoms with Crippen molar-refractivity contribution in [2.45, 2.75) is 19.9 Å². The van der Waals surface area contributed by atoms with E-state index < -0.39 is 0 Å². The van der Waals surface area contributed by atoms with E-state index in [0.29, 0.717) is 0 Å². The molecule has 1 aliphatic rings. The lowest BCUT2D eigenvalue weighted by Crippen LogP contribution is -2.27. The van der Waals surface area contributed by atoms with Crippen LogP contribution in [0.3, 0.4) is 0 Å². The van der Waals surface area contributed by atoms with Crippen LogP contribution in [0.25, 0.3) is 0 Å². The van der Waals surface area contributed by atoms with Crippen LogP contribution >= 0.6 is 11.8 Å². The molecule has 0 saturated carbocycles. The van der Waals surface area contributed by atoms with Gasteiger partial charge < -0.3 is 0 Å². The zero-order valence-electron chi connectivity index (χ0n) is 8.70. The third-order valence-corrected chi connectivity index (χ3v) is 3.69. The number of hydrogen-bond donors (Lipinski definition) is 0. The minimum Gasteiger partial charge on any atom is -0.290 e. The van der Waals surface area contributed by atoms with E-state index in [9.17, 15) is 0 Å². The standard InChI is InChI=1S/C12H17NS/c1-11-3-5-12(6-4-11)9-13-7-2-8-14-10-13/h3-6H,2,7-10H2,1H3. The van der Waals surface area contributed by atoms with Crippen LogP contribution in [0.5, 0.6) is 0 Å². The second-order valence-electron chi connectivity index (χ2n) is 3.93. The molecule has 1 aliphatic heterocycles. The molecular formula is C12H17NS. The molecule has 2 heteroatoms. The first-order valence-electron chi connectivity index (χ1n) is 5.20. The summed E-state index contributed by atoms with van der Waals surface area (Å²) in [4.78, 5) is 2.53. The van der Waals surface area contributed by atoms with Crippen LogP contribution in [0, 0.1) is 6.92 Å². The molecule has 14 heavy (non-hydrogen) atoms. The number of hydrogen-bond acceptors (Lipinski definition) is 2. The van der Waals surface area contributed by atoms with E-state index in [-0.39, 0.29) is 0 Å². The number of rotatable bonds is 2. The van der Waals surface area contributed by atoms with Crippen molar-refractivity contribution in [1.82, 2.24) is 4.90 Å². The highest BCUT2D eigenvalue weighted by Crippen LogP contribution is 2.16. The van der Waals surface area contributed by atoms with Crippen LogP contribution in [0.4, 0.5) is 0 Å². The molecule has 0 N–H and O–H groups in total. The minimum atomic E-state index is 1.12. The average Bonchev–Trinajstić information content (AvgIpc) is 2.23. The molecule has 1 aromatic carbocycles. The van der Waals surface area contributed by atoms with Crippen molar-refractivity contribution in [2.24, 2.45) is 0 Å². The average molecular weight is 207 g/mol. The quantitative estimate of drug-likeness (QED) is 0.733. The van der Waals surface area contributed by atoms with Gasteiger partial charge in [-0.25, -0.2) is 0 Å². The molecule has 76 valence electrons. The van der Waals surface area contributed by atoms with E-state index >= 15 is 0 Å². The van der Waals surface area contributed by atoms with Crippen molar-refractivity contribution in [3.8, 4) is 0 Å². The highest BCUT2D eigenvalue weighted by atomic mass is 32.2. The summed E-state index contributed by atoms with van der Waals surface area (Å²) in [7, 11) is 0. The van der Waals surface area contributed by atoms with Gasteiger partial charge in [0.15, 0.2) is 0 Å². The van der Waals surface area contributed by atoms with Crippen molar-refractivity contribution < 1.29 is 0 Å². The fraction of sp³-hybridized carbons (Fsp3) is 0.500. The second-order valence-corrected chi connectivity index (χ2v) is 5.00. The maximum Gasteiger partial charge on any atom is 0.0447 e. The Morgan fingerprint density at radius 1 is 1.29 bits per heavy atom. The number of nitrogens with zero attached hydrogens (tertiary/aromatic N) is 1. The Bertz CT molecular complexity index is 275. The normalized spacial score (nSPS) is 18.4. The summed E-state index contributed by atoms with van der Waals surface area (Å²) < 4.78 is 0. The summed E-state index contributed by atoms with van der Waals surface area (Å²) in [5.74, 6) is 2.54. The molecule has 0 bridgehead atoms. The SMILES string of the molecule is Cc1ccc(CN2CCCSC2)cc1. The van der Waals surface area contributed by atoms with Gasteiger partial charge in [-0.05, 0) is 24.7 Å². The topological polar surface area (TPSA) is 3.24 Å². The summed E-state index contributed by atoms with van der Waals surface area (Å²) in [6.07, 6.45) is 1.34. The van der Waals surface area contributed by atoms with Gasteiger partial charge in [-0.3, -0.25) is 4.90 Å². The zero-order chi connectivity index (χ0) is 9.80. The highest BCUT2D eigenvalue weighted by molar-refractivity contribution is 7.99. The summed E-state index contributed by atoms with van der Waals surface area (Å²) in [6.45, 7) is 4.52. The van der Waals surface area contributed by atoms with Crippen LogP contribution in [0.2, 0.25) is 0 Å². The first kappa shape index (κ1) is 10.1. The summed E-state index contributed by atoms with van der Waals surface area (Å²) >= 11 is 2.05. The first-order chi connectivity index (χ1) is 6.84.